The number of ether oxygens (including phenoxy) is 3. The van der Waals surface area contributed by atoms with Gasteiger partial charge < -0.3 is 24.4 Å². The molecule has 250 valence electrons. The zero-order valence-electron chi connectivity index (χ0n) is 27.9. The Morgan fingerprint density at radius 3 is 2.22 bits per heavy atom. The molecule has 9 nitrogen and oxygen atoms in total. The van der Waals surface area contributed by atoms with Crippen LogP contribution >= 0.6 is 11.6 Å². The van der Waals surface area contributed by atoms with E-state index >= 15 is 0 Å². The van der Waals surface area contributed by atoms with Gasteiger partial charge in [-0.15, -0.1) is 11.6 Å². The molecule has 2 aliphatic rings. The third-order valence-corrected chi connectivity index (χ3v) is 9.17. The first-order valence-corrected chi connectivity index (χ1v) is 17.5. The van der Waals surface area contributed by atoms with E-state index in [2.05, 4.69) is 74.9 Å². The van der Waals surface area contributed by atoms with Gasteiger partial charge in [-0.25, -0.2) is 0 Å². The van der Waals surface area contributed by atoms with Crippen LogP contribution in [0, 0.1) is 6.92 Å². The van der Waals surface area contributed by atoms with Crippen molar-refractivity contribution in [2.24, 2.45) is 14.1 Å². The van der Waals surface area contributed by atoms with Crippen LogP contribution in [0.3, 0.4) is 0 Å². The van der Waals surface area contributed by atoms with Crippen LogP contribution in [0.2, 0.25) is 0 Å². The van der Waals surface area contributed by atoms with Gasteiger partial charge >= 0.3 is 0 Å². The Labute approximate surface area is 275 Å². The van der Waals surface area contributed by atoms with Crippen molar-refractivity contribution in [3.05, 3.63) is 47.8 Å². The van der Waals surface area contributed by atoms with Crippen LogP contribution in [-0.4, -0.2) is 99.4 Å². The number of piperazine rings is 1. The van der Waals surface area contributed by atoms with Crippen molar-refractivity contribution in [2.75, 3.05) is 78.1 Å². The number of carbonyl (C=O) groups is 1. The first-order valence-electron chi connectivity index (χ1n) is 16.9. The van der Waals surface area contributed by atoms with Crippen molar-refractivity contribution in [3.8, 4) is 11.4 Å². The average Bonchev–Trinajstić information content (AvgIpc) is 3.84. The van der Waals surface area contributed by atoms with Gasteiger partial charge in [-0.3, -0.25) is 9.69 Å². The Morgan fingerprint density at radius 2 is 1.49 bits per heavy atom. The van der Waals surface area contributed by atoms with Gasteiger partial charge in [-0.05, 0) is 50.2 Å². The number of carbonyl (C=O) groups excluding carboxylic acids is 1. The van der Waals surface area contributed by atoms with E-state index in [4.69, 9.17) is 25.8 Å². The summed E-state index contributed by atoms with van der Waals surface area (Å²) in [7, 11) is 4.11. The van der Waals surface area contributed by atoms with Crippen LogP contribution in [0.4, 0.5) is 0 Å². The van der Waals surface area contributed by atoms with E-state index in [1.54, 1.807) is 0 Å². The molecule has 4 rings (SSSR count). The Bertz CT molecular complexity index is 1190. The van der Waals surface area contributed by atoms with Crippen LogP contribution in [-0.2, 0) is 39.7 Å². The van der Waals surface area contributed by atoms with Crippen molar-refractivity contribution in [2.45, 2.75) is 64.1 Å². The third-order valence-electron chi connectivity index (χ3n) is 8.90. The van der Waals surface area contributed by atoms with E-state index in [1.807, 2.05) is 7.05 Å². The van der Waals surface area contributed by atoms with Crippen LogP contribution in [0.15, 0.2) is 36.7 Å². The Balaban J connectivity index is 1.03. The van der Waals surface area contributed by atoms with E-state index < -0.39 is 5.60 Å². The number of amides is 1. The molecular formula is C35H56ClN5O4+2. The lowest BCUT2D eigenvalue weighted by Gasteiger charge is -2.34. The highest BCUT2D eigenvalue weighted by Crippen LogP contribution is 2.40. The van der Waals surface area contributed by atoms with Gasteiger partial charge in [0.05, 0.1) is 19.8 Å². The number of nitrogens with zero attached hydrogens (tertiary/aromatic N) is 4. The zero-order chi connectivity index (χ0) is 31.9. The number of halogens is 1. The van der Waals surface area contributed by atoms with Gasteiger partial charge in [0.1, 0.15) is 19.7 Å². The molecule has 2 fully saturated rings. The predicted molar refractivity (Wildman–Crippen MR) is 177 cm³/mol. The lowest BCUT2D eigenvalue weighted by molar-refractivity contribution is -0.690. The SMILES string of the molecule is Cc1cc[n+](C)c(-c2cc(COC3(C(=O)NCCOCCCN4CCN(CCOCCCCCCCl)CC4)CC3)cc[n+]2C)c1. The van der Waals surface area contributed by atoms with Crippen LogP contribution in [0.1, 0.15) is 56.1 Å². The molecular weight excluding hydrogens is 590 g/mol. The molecule has 1 amide bonds. The van der Waals surface area contributed by atoms with E-state index in [-0.39, 0.29) is 5.91 Å². The number of aromatic nitrogens is 2. The minimum absolute atomic E-state index is 0.0246. The van der Waals surface area contributed by atoms with E-state index in [0.717, 1.165) is 107 Å². The molecule has 1 saturated carbocycles. The highest BCUT2D eigenvalue weighted by Gasteiger charge is 2.51. The molecule has 0 aromatic carbocycles. The van der Waals surface area contributed by atoms with E-state index in [1.165, 1.54) is 18.4 Å². The maximum Gasteiger partial charge on any atom is 0.277 e. The van der Waals surface area contributed by atoms with E-state index in [9.17, 15) is 4.79 Å². The lowest BCUT2D eigenvalue weighted by atomic mass is 10.1. The second kappa shape index (κ2) is 18.9. The highest BCUT2D eigenvalue weighted by molar-refractivity contribution is 6.17. The first-order chi connectivity index (χ1) is 21.9. The molecule has 0 atom stereocenters. The Hall–Kier alpha value is -2.14. The molecule has 0 radical (unpaired) electrons. The predicted octanol–water partition coefficient (Wildman–Crippen LogP) is 3.32. The summed E-state index contributed by atoms with van der Waals surface area (Å²) >= 11 is 5.72. The first kappa shape index (κ1) is 35.7. The van der Waals surface area contributed by atoms with Gasteiger partial charge in [0, 0.05) is 89.2 Å². The molecule has 1 N–H and O–H groups in total. The summed E-state index contributed by atoms with van der Waals surface area (Å²) in [6.07, 6.45) is 11.3. The summed E-state index contributed by atoms with van der Waals surface area (Å²) in [6.45, 7) is 12.4. The van der Waals surface area contributed by atoms with Gasteiger partial charge in [0.2, 0.25) is 0 Å². The minimum Gasteiger partial charge on any atom is -0.380 e. The summed E-state index contributed by atoms with van der Waals surface area (Å²) in [5.41, 5.74) is 3.82. The number of hydrogen-bond acceptors (Lipinski definition) is 6. The van der Waals surface area contributed by atoms with Gasteiger partial charge in [-0.1, -0.05) is 12.8 Å². The van der Waals surface area contributed by atoms with Crippen LogP contribution < -0.4 is 14.5 Å². The fraction of sp³-hybridized carbons (Fsp3) is 0.686. The van der Waals surface area contributed by atoms with Crippen molar-refractivity contribution in [1.29, 1.82) is 0 Å². The number of nitrogens with one attached hydrogen (secondary N) is 1. The smallest absolute Gasteiger partial charge is 0.277 e. The molecule has 2 aromatic heterocycles. The quantitative estimate of drug-likeness (QED) is 0.128. The van der Waals surface area contributed by atoms with Crippen LogP contribution in [0.25, 0.3) is 11.4 Å². The molecule has 0 spiro atoms. The molecule has 0 unspecified atom stereocenters. The molecule has 2 aromatic rings. The summed E-state index contributed by atoms with van der Waals surface area (Å²) < 4.78 is 22.1. The Morgan fingerprint density at radius 1 is 0.844 bits per heavy atom. The number of alkyl halides is 1. The fourth-order valence-corrected chi connectivity index (χ4v) is 5.92. The Kier molecular flexibility index (Phi) is 15.0. The number of rotatable bonds is 21. The molecule has 0 bridgehead atoms. The molecule has 1 saturated heterocycles. The summed E-state index contributed by atoms with van der Waals surface area (Å²) in [6, 6.07) is 8.50. The van der Waals surface area contributed by atoms with E-state index in [0.29, 0.717) is 26.4 Å². The third kappa shape index (κ3) is 11.9. The summed E-state index contributed by atoms with van der Waals surface area (Å²) in [5.74, 6) is 0.742. The highest BCUT2D eigenvalue weighted by atomic mass is 35.5. The van der Waals surface area contributed by atoms with Gasteiger partial charge in [0.25, 0.3) is 17.3 Å². The standard InChI is InChI=1S/C35H55ClN5O4/c1-30-9-16-38(2)32(27-30)33-28-31(10-17-39(33)3)29-45-35(11-12-35)34(42)37-14-25-43-24-8-15-40-18-20-41(21-19-40)22-26-44-23-7-5-4-6-13-36/h9-10,16-17,27-28H,4-8,11-15,18-26,29H2,1-3H3/q+1/p+1. The van der Waals surface area contributed by atoms with Crippen molar-refractivity contribution >= 4 is 17.5 Å². The second-order valence-corrected chi connectivity index (χ2v) is 13.0. The largest absolute Gasteiger partial charge is 0.380 e. The molecule has 1 aliphatic carbocycles. The topological polar surface area (TPSA) is 71.0 Å². The normalized spacial score (nSPS) is 16.6. The summed E-state index contributed by atoms with van der Waals surface area (Å²) in [4.78, 5) is 17.9. The molecule has 1 aliphatic heterocycles. The summed E-state index contributed by atoms with van der Waals surface area (Å²) in [5, 5.41) is 3.04. The average molecular weight is 646 g/mol. The molecule has 45 heavy (non-hydrogen) atoms. The van der Waals surface area contributed by atoms with Crippen molar-refractivity contribution in [3.63, 3.8) is 0 Å². The fourth-order valence-electron chi connectivity index (χ4n) is 5.73. The molecule has 3 heterocycles. The maximum absolute atomic E-state index is 12.9. The van der Waals surface area contributed by atoms with Crippen molar-refractivity contribution in [1.82, 2.24) is 15.1 Å². The van der Waals surface area contributed by atoms with Gasteiger partial charge in [-0.2, -0.15) is 9.13 Å². The second-order valence-electron chi connectivity index (χ2n) is 12.6. The molecule has 10 heteroatoms. The number of pyridine rings is 2. The monoisotopic (exact) mass is 645 g/mol. The van der Waals surface area contributed by atoms with Crippen molar-refractivity contribution < 1.29 is 28.1 Å². The number of aryl methyl sites for hydroxylation is 3. The number of hydrogen-bond donors (Lipinski definition) is 1. The zero-order valence-corrected chi connectivity index (χ0v) is 28.7. The number of unbranched alkanes of at least 4 members (excludes halogenated alkanes) is 3. The maximum atomic E-state index is 12.9. The lowest BCUT2D eigenvalue weighted by Crippen LogP contribution is -2.47. The van der Waals surface area contributed by atoms with Gasteiger partial charge in [0.15, 0.2) is 12.4 Å². The van der Waals surface area contributed by atoms with Crippen LogP contribution in [0.5, 0.6) is 0 Å². The minimum atomic E-state index is -0.704.